The second-order valence-corrected chi connectivity index (χ2v) is 5.48. The molecule has 1 rings (SSSR count). The van der Waals surface area contributed by atoms with Gasteiger partial charge in [0.15, 0.2) is 0 Å². The van der Waals surface area contributed by atoms with Crippen LogP contribution in [0, 0.1) is 5.92 Å². The smallest absolute Gasteiger partial charge is 0.315 e. The Balaban J connectivity index is 2.50. The fourth-order valence-electron chi connectivity index (χ4n) is 1.73. The average Bonchev–Trinajstić information content (AvgIpc) is 2.52. The van der Waals surface area contributed by atoms with E-state index in [1.54, 1.807) is 12.1 Å². The number of rotatable bonds is 6. The summed E-state index contributed by atoms with van der Waals surface area (Å²) in [5.74, 6) is -1.79. The molecular weight excluding hydrogens is 314 g/mol. The first kappa shape index (κ1) is 19.1. The van der Waals surface area contributed by atoms with E-state index >= 15 is 0 Å². The lowest BCUT2D eigenvalue weighted by Gasteiger charge is -2.09. The van der Waals surface area contributed by atoms with E-state index in [0.29, 0.717) is 12.1 Å². The highest BCUT2D eigenvalue weighted by Gasteiger charge is 2.11. The van der Waals surface area contributed by atoms with Crippen molar-refractivity contribution in [1.82, 2.24) is 10.9 Å². The van der Waals surface area contributed by atoms with E-state index in [1.807, 2.05) is 13.8 Å². The Morgan fingerprint density at radius 1 is 1.00 bits per heavy atom. The van der Waals surface area contributed by atoms with Crippen LogP contribution in [-0.2, 0) is 19.1 Å². The highest BCUT2D eigenvalue weighted by molar-refractivity contribution is 5.99. The van der Waals surface area contributed by atoms with Crippen LogP contribution in [0.1, 0.15) is 37.0 Å². The molecule has 8 heteroatoms. The Hall–Kier alpha value is -2.90. The molecule has 0 saturated carbocycles. The molecule has 8 nitrogen and oxygen atoms in total. The van der Waals surface area contributed by atoms with Crippen molar-refractivity contribution < 1.29 is 23.9 Å². The van der Waals surface area contributed by atoms with Crippen molar-refractivity contribution in [3.63, 3.8) is 0 Å². The Kier molecular flexibility index (Phi) is 7.41. The number of ether oxygens (including phenoxy) is 1. The number of nitrogens with one attached hydrogen (secondary N) is 3. The summed E-state index contributed by atoms with van der Waals surface area (Å²) in [6, 6.07) is 6.19. The van der Waals surface area contributed by atoms with Crippen molar-refractivity contribution >= 4 is 29.4 Å². The van der Waals surface area contributed by atoms with Crippen molar-refractivity contribution in [3.8, 4) is 0 Å². The van der Waals surface area contributed by atoms with Crippen LogP contribution in [0.4, 0.5) is 5.69 Å². The molecule has 0 fully saturated rings. The second-order valence-electron chi connectivity index (χ2n) is 5.48. The summed E-state index contributed by atoms with van der Waals surface area (Å²) in [6.45, 7) is 3.89. The van der Waals surface area contributed by atoms with Crippen LogP contribution in [0.2, 0.25) is 0 Å². The van der Waals surface area contributed by atoms with Crippen LogP contribution in [0.5, 0.6) is 0 Å². The van der Waals surface area contributed by atoms with Crippen molar-refractivity contribution in [2.24, 2.45) is 5.92 Å². The van der Waals surface area contributed by atoms with Gasteiger partial charge in [0, 0.05) is 17.7 Å². The van der Waals surface area contributed by atoms with Gasteiger partial charge in [-0.25, -0.2) is 0 Å². The Bertz CT molecular complexity index is 611. The zero-order chi connectivity index (χ0) is 18.1. The van der Waals surface area contributed by atoms with Gasteiger partial charge in [-0.05, 0) is 30.2 Å². The maximum absolute atomic E-state index is 11.9. The molecule has 24 heavy (non-hydrogen) atoms. The van der Waals surface area contributed by atoms with E-state index < -0.39 is 24.2 Å². The summed E-state index contributed by atoms with van der Waals surface area (Å²) in [5.41, 5.74) is 5.15. The molecule has 1 aromatic rings. The molecule has 0 saturated heterocycles. The van der Waals surface area contributed by atoms with Gasteiger partial charge >= 0.3 is 5.97 Å². The largest absolute Gasteiger partial charge is 0.469 e. The number of carbonyl (C=O) groups is 4. The number of anilines is 1. The summed E-state index contributed by atoms with van der Waals surface area (Å²) in [6.07, 6.45) is -0.0773. The number of amides is 3. The van der Waals surface area contributed by atoms with Gasteiger partial charge in [-0.3, -0.25) is 30.0 Å². The molecule has 0 spiro atoms. The van der Waals surface area contributed by atoms with Crippen LogP contribution in [0.25, 0.3) is 0 Å². The first-order chi connectivity index (χ1) is 11.3. The summed E-state index contributed by atoms with van der Waals surface area (Å²) >= 11 is 0. The molecule has 0 aromatic heterocycles. The van der Waals surface area contributed by atoms with Gasteiger partial charge in [-0.1, -0.05) is 13.8 Å². The first-order valence-corrected chi connectivity index (χ1v) is 7.37. The molecule has 0 radical (unpaired) electrons. The fraction of sp³-hybridized carbons (Fsp3) is 0.375. The van der Waals surface area contributed by atoms with Crippen LogP contribution in [0.15, 0.2) is 24.3 Å². The lowest BCUT2D eigenvalue weighted by Crippen LogP contribution is -2.42. The first-order valence-electron chi connectivity index (χ1n) is 7.37. The minimum Gasteiger partial charge on any atom is -0.469 e. The van der Waals surface area contributed by atoms with E-state index in [0.717, 1.165) is 7.11 Å². The van der Waals surface area contributed by atoms with E-state index in [1.165, 1.54) is 12.1 Å². The molecule has 0 heterocycles. The Morgan fingerprint density at radius 3 is 2.17 bits per heavy atom. The Labute approximate surface area is 139 Å². The van der Waals surface area contributed by atoms with Gasteiger partial charge in [-0.15, -0.1) is 0 Å². The number of benzene rings is 1. The van der Waals surface area contributed by atoms with Gasteiger partial charge in [-0.2, -0.15) is 0 Å². The van der Waals surface area contributed by atoms with Crippen LogP contribution in [-0.4, -0.2) is 30.8 Å². The number of hydrazine groups is 1. The van der Waals surface area contributed by atoms with Crippen LogP contribution in [0.3, 0.4) is 0 Å². The van der Waals surface area contributed by atoms with E-state index in [4.69, 9.17) is 0 Å². The third kappa shape index (κ3) is 6.91. The predicted molar refractivity (Wildman–Crippen MR) is 86.8 cm³/mol. The number of hydrogen-bond acceptors (Lipinski definition) is 5. The van der Waals surface area contributed by atoms with E-state index in [9.17, 15) is 19.2 Å². The molecule has 1 aromatic carbocycles. The number of carbonyl (C=O) groups excluding carboxylic acids is 4. The number of esters is 1. The highest BCUT2D eigenvalue weighted by Crippen LogP contribution is 2.11. The standard InChI is InChI=1S/C16H21N3O5/c1-10(2)8-13(20)17-12-6-4-11(5-7-12)16(23)19-18-14(21)9-15(22)24-3/h4-7,10H,8-9H2,1-3H3,(H,17,20)(H,18,21)(H,19,23). The topological polar surface area (TPSA) is 114 Å². The normalized spacial score (nSPS) is 10.0. The number of methoxy groups -OCH3 is 1. The van der Waals surface area contributed by atoms with Crippen LogP contribution >= 0.6 is 0 Å². The molecule has 3 amide bonds. The fourth-order valence-corrected chi connectivity index (χ4v) is 1.73. The van der Waals surface area contributed by atoms with Gasteiger partial charge in [0.05, 0.1) is 7.11 Å². The SMILES string of the molecule is COC(=O)CC(=O)NNC(=O)c1ccc(NC(=O)CC(C)C)cc1. The van der Waals surface area contributed by atoms with Gasteiger partial charge in [0.2, 0.25) is 11.8 Å². The summed E-state index contributed by atoms with van der Waals surface area (Å²) in [4.78, 5) is 45.7. The zero-order valence-electron chi connectivity index (χ0n) is 13.8. The second kappa shape index (κ2) is 9.29. The van der Waals surface area contributed by atoms with Crippen molar-refractivity contribution in [2.75, 3.05) is 12.4 Å². The average molecular weight is 335 g/mol. The minimum absolute atomic E-state index is 0.0997. The third-order valence-electron chi connectivity index (χ3n) is 2.87. The highest BCUT2D eigenvalue weighted by atomic mass is 16.5. The molecule has 0 bridgehead atoms. The maximum atomic E-state index is 11.9. The molecule has 130 valence electrons. The lowest BCUT2D eigenvalue weighted by molar-refractivity contribution is -0.144. The molecule has 0 atom stereocenters. The molecule has 0 aliphatic carbocycles. The number of hydrogen-bond donors (Lipinski definition) is 3. The monoisotopic (exact) mass is 335 g/mol. The third-order valence-corrected chi connectivity index (χ3v) is 2.87. The van der Waals surface area contributed by atoms with Crippen molar-refractivity contribution in [2.45, 2.75) is 26.7 Å². The molecule has 3 N–H and O–H groups in total. The molecular formula is C16H21N3O5. The lowest BCUT2D eigenvalue weighted by atomic mass is 10.1. The summed E-state index contributed by atoms with van der Waals surface area (Å²) in [7, 11) is 1.16. The maximum Gasteiger partial charge on any atom is 0.315 e. The van der Waals surface area contributed by atoms with E-state index in [2.05, 4.69) is 20.9 Å². The van der Waals surface area contributed by atoms with Gasteiger partial charge in [0.1, 0.15) is 6.42 Å². The summed E-state index contributed by atoms with van der Waals surface area (Å²) < 4.78 is 4.33. The molecule has 0 aliphatic rings. The van der Waals surface area contributed by atoms with Gasteiger partial charge < -0.3 is 10.1 Å². The van der Waals surface area contributed by atoms with E-state index in [-0.39, 0.29) is 17.4 Å². The van der Waals surface area contributed by atoms with Crippen LogP contribution < -0.4 is 16.2 Å². The predicted octanol–water partition coefficient (Wildman–Crippen LogP) is 0.995. The Morgan fingerprint density at radius 2 is 1.62 bits per heavy atom. The quantitative estimate of drug-likeness (QED) is 0.408. The van der Waals surface area contributed by atoms with Crippen molar-refractivity contribution in [3.05, 3.63) is 29.8 Å². The van der Waals surface area contributed by atoms with Crippen molar-refractivity contribution in [1.29, 1.82) is 0 Å². The molecule has 0 aliphatic heterocycles. The van der Waals surface area contributed by atoms with Gasteiger partial charge in [0.25, 0.3) is 5.91 Å². The zero-order valence-corrected chi connectivity index (χ0v) is 13.8. The molecule has 0 unspecified atom stereocenters. The minimum atomic E-state index is -0.705. The summed E-state index contributed by atoms with van der Waals surface area (Å²) in [5, 5.41) is 2.73.